The summed E-state index contributed by atoms with van der Waals surface area (Å²) in [6.45, 7) is 3.32. The number of halogens is 2. The van der Waals surface area contributed by atoms with Gasteiger partial charge in [0.15, 0.2) is 0 Å². The summed E-state index contributed by atoms with van der Waals surface area (Å²) in [5, 5.41) is 0. The first kappa shape index (κ1) is 14.4. The highest BCUT2D eigenvalue weighted by Crippen LogP contribution is 2.20. The quantitative estimate of drug-likeness (QED) is 0.479. The van der Waals surface area contributed by atoms with Crippen molar-refractivity contribution < 1.29 is 18.8 Å². The summed E-state index contributed by atoms with van der Waals surface area (Å²) in [7, 11) is 0. The molecule has 1 aliphatic heterocycles. The number of rotatable bonds is 4. The Bertz CT molecular complexity index is 618. The summed E-state index contributed by atoms with van der Waals surface area (Å²) in [5.41, 5.74) is 0.535. The van der Waals surface area contributed by atoms with Gasteiger partial charge in [-0.3, -0.25) is 19.4 Å². The van der Waals surface area contributed by atoms with Crippen LogP contribution in [0.1, 0.15) is 5.56 Å². The fraction of sp³-hybridized carbons (Fsp3) is 0.154. The minimum atomic E-state index is -0.891. The maximum atomic E-state index is 13.1. The van der Waals surface area contributed by atoms with Crippen LogP contribution in [-0.2, 0) is 16.1 Å². The molecule has 1 saturated heterocycles. The normalized spacial score (nSPS) is 15.2. The van der Waals surface area contributed by atoms with E-state index in [1.165, 1.54) is 24.3 Å². The average molecular weight is 341 g/mol. The van der Waals surface area contributed by atoms with Gasteiger partial charge in [-0.2, -0.15) is 0 Å². The van der Waals surface area contributed by atoms with Crippen LogP contribution in [0, 0.1) is 5.82 Å². The first-order valence-electron chi connectivity index (χ1n) is 5.68. The second-order valence-electron chi connectivity index (χ2n) is 4.13. The highest BCUT2D eigenvalue weighted by atomic mass is 79.9. The van der Waals surface area contributed by atoms with Gasteiger partial charge in [0.2, 0.25) is 0 Å². The largest absolute Gasteiger partial charge is 0.334 e. The molecule has 2 rings (SSSR count). The number of hydrogen-bond acceptors (Lipinski definition) is 3. The van der Waals surface area contributed by atoms with Crippen molar-refractivity contribution in [3.05, 3.63) is 46.7 Å². The Hall–Kier alpha value is -2.02. The minimum absolute atomic E-state index is 0.0208. The number of urea groups is 1. The van der Waals surface area contributed by atoms with E-state index in [2.05, 4.69) is 22.5 Å². The van der Waals surface area contributed by atoms with E-state index in [1.807, 2.05) is 0 Å². The van der Waals surface area contributed by atoms with Crippen molar-refractivity contribution in [2.75, 3.05) is 6.54 Å². The fourth-order valence-corrected chi connectivity index (χ4v) is 2.23. The number of carbonyl (C=O) groups is 3. The highest BCUT2D eigenvalue weighted by molar-refractivity contribution is 9.10. The van der Waals surface area contributed by atoms with Crippen molar-refractivity contribution in [2.24, 2.45) is 0 Å². The molecule has 5 nitrogen and oxygen atoms in total. The molecule has 1 aromatic carbocycles. The topological polar surface area (TPSA) is 57.7 Å². The highest BCUT2D eigenvalue weighted by Gasteiger charge is 2.43. The Labute approximate surface area is 122 Å². The van der Waals surface area contributed by atoms with Crippen LogP contribution in [0.5, 0.6) is 0 Å². The lowest BCUT2D eigenvalue weighted by Crippen LogP contribution is -2.33. The number of nitrogens with zero attached hydrogens (tertiary/aromatic N) is 2. The molecule has 1 fully saturated rings. The molecule has 0 saturated carbocycles. The number of amides is 4. The van der Waals surface area contributed by atoms with E-state index in [1.54, 1.807) is 0 Å². The SMILES string of the molecule is C=CCN1C(=O)C(=O)N(Cc2ccc(F)c(Br)c2)C1=O. The predicted molar refractivity (Wildman–Crippen MR) is 72.0 cm³/mol. The summed E-state index contributed by atoms with van der Waals surface area (Å²) in [5.74, 6) is -2.22. The Balaban J connectivity index is 2.22. The van der Waals surface area contributed by atoms with E-state index < -0.39 is 23.7 Å². The third-order valence-electron chi connectivity index (χ3n) is 2.77. The molecule has 1 heterocycles. The van der Waals surface area contributed by atoms with Gasteiger partial charge in [-0.1, -0.05) is 12.1 Å². The first-order chi connectivity index (χ1) is 9.45. The fourth-order valence-electron chi connectivity index (χ4n) is 1.80. The van der Waals surface area contributed by atoms with E-state index >= 15 is 0 Å². The number of benzene rings is 1. The lowest BCUT2D eigenvalue weighted by molar-refractivity contribution is -0.143. The molecule has 0 N–H and O–H groups in total. The van der Waals surface area contributed by atoms with E-state index in [-0.39, 0.29) is 17.6 Å². The summed E-state index contributed by atoms with van der Waals surface area (Å²) < 4.78 is 13.3. The molecule has 0 unspecified atom stereocenters. The van der Waals surface area contributed by atoms with Gasteiger partial charge in [-0.15, -0.1) is 6.58 Å². The Kier molecular flexibility index (Phi) is 3.99. The van der Waals surface area contributed by atoms with Gasteiger partial charge in [0, 0.05) is 6.54 Å². The lowest BCUT2D eigenvalue weighted by atomic mass is 10.2. The van der Waals surface area contributed by atoms with Crippen molar-refractivity contribution in [3.8, 4) is 0 Å². The number of imide groups is 2. The molecule has 1 aromatic rings. The zero-order valence-corrected chi connectivity index (χ0v) is 11.9. The average Bonchev–Trinajstić information content (AvgIpc) is 2.61. The maximum absolute atomic E-state index is 13.1. The van der Waals surface area contributed by atoms with E-state index in [0.717, 1.165) is 9.80 Å². The van der Waals surface area contributed by atoms with Crippen LogP contribution in [0.2, 0.25) is 0 Å². The van der Waals surface area contributed by atoms with Gasteiger partial charge < -0.3 is 0 Å². The summed E-state index contributed by atoms with van der Waals surface area (Å²) in [4.78, 5) is 37.0. The second-order valence-corrected chi connectivity index (χ2v) is 4.98. The predicted octanol–water partition coefficient (Wildman–Crippen LogP) is 2.06. The summed E-state index contributed by atoms with van der Waals surface area (Å²) in [6, 6.07) is 3.42. The van der Waals surface area contributed by atoms with Crippen LogP contribution >= 0.6 is 15.9 Å². The van der Waals surface area contributed by atoms with Gasteiger partial charge in [-0.05, 0) is 33.6 Å². The van der Waals surface area contributed by atoms with Crippen LogP contribution in [0.4, 0.5) is 9.18 Å². The molecule has 0 atom stereocenters. The van der Waals surface area contributed by atoms with Crippen LogP contribution in [0.25, 0.3) is 0 Å². The van der Waals surface area contributed by atoms with Crippen LogP contribution in [0.15, 0.2) is 35.3 Å². The van der Waals surface area contributed by atoms with E-state index in [9.17, 15) is 18.8 Å². The molecule has 0 aromatic heterocycles. The van der Waals surface area contributed by atoms with Gasteiger partial charge in [-0.25, -0.2) is 9.18 Å². The molecule has 104 valence electrons. The zero-order valence-electron chi connectivity index (χ0n) is 10.3. The smallest absolute Gasteiger partial charge is 0.263 e. The number of carbonyl (C=O) groups excluding carboxylic acids is 3. The standard InChI is InChI=1S/C13H10BrFN2O3/c1-2-5-16-11(18)12(19)17(13(16)20)7-8-3-4-10(15)9(14)6-8/h2-4,6H,1,5,7H2. The molecule has 0 aliphatic carbocycles. The van der Waals surface area contributed by atoms with Crippen molar-refractivity contribution in [1.82, 2.24) is 9.80 Å². The number of hydrogen-bond donors (Lipinski definition) is 0. The molecule has 4 amide bonds. The van der Waals surface area contributed by atoms with Gasteiger partial charge in [0.1, 0.15) is 5.82 Å². The molecule has 1 aliphatic rings. The second kappa shape index (κ2) is 5.54. The Morgan fingerprint density at radius 1 is 1.20 bits per heavy atom. The molecule has 0 bridgehead atoms. The Morgan fingerprint density at radius 2 is 1.85 bits per heavy atom. The minimum Gasteiger partial charge on any atom is -0.263 e. The van der Waals surface area contributed by atoms with E-state index in [0.29, 0.717) is 5.56 Å². The van der Waals surface area contributed by atoms with Crippen molar-refractivity contribution in [1.29, 1.82) is 0 Å². The lowest BCUT2D eigenvalue weighted by Gasteiger charge is -2.14. The molecule has 20 heavy (non-hydrogen) atoms. The maximum Gasteiger partial charge on any atom is 0.334 e. The first-order valence-corrected chi connectivity index (χ1v) is 6.47. The van der Waals surface area contributed by atoms with Gasteiger partial charge in [0.05, 0.1) is 11.0 Å². The molecule has 0 spiro atoms. The summed E-state index contributed by atoms with van der Waals surface area (Å²) >= 11 is 3.02. The molecule has 7 heteroatoms. The van der Waals surface area contributed by atoms with Crippen LogP contribution in [0.3, 0.4) is 0 Å². The van der Waals surface area contributed by atoms with Gasteiger partial charge in [0.25, 0.3) is 0 Å². The van der Waals surface area contributed by atoms with E-state index in [4.69, 9.17) is 0 Å². The third kappa shape index (κ3) is 2.49. The summed E-state index contributed by atoms with van der Waals surface area (Å²) in [6.07, 6.45) is 1.36. The Morgan fingerprint density at radius 3 is 2.45 bits per heavy atom. The van der Waals surface area contributed by atoms with Crippen LogP contribution in [-0.4, -0.2) is 34.2 Å². The molecule has 0 radical (unpaired) electrons. The molecular formula is C13H10BrFN2O3. The zero-order chi connectivity index (χ0) is 14.9. The van der Waals surface area contributed by atoms with Crippen molar-refractivity contribution in [2.45, 2.75) is 6.54 Å². The van der Waals surface area contributed by atoms with Crippen molar-refractivity contribution >= 4 is 33.8 Å². The monoisotopic (exact) mass is 340 g/mol. The van der Waals surface area contributed by atoms with Crippen molar-refractivity contribution in [3.63, 3.8) is 0 Å². The third-order valence-corrected chi connectivity index (χ3v) is 3.38. The molecular weight excluding hydrogens is 331 g/mol. The van der Waals surface area contributed by atoms with Gasteiger partial charge >= 0.3 is 17.8 Å². The van der Waals surface area contributed by atoms with Crippen LogP contribution < -0.4 is 0 Å².